The molecule has 0 saturated carbocycles. The molecule has 0 atom stereocenters. The van der Waals surface area contributed by atoms with Crippen LogP contribution in [0, 0.1) is 0 Å². The Morgan fingerprint density at radius 1 is 1.18 bits per heavy atom. The first-order valence-electron chi connectivity index (χ1n) is 6.16. The van der Waals surface area contributed by atoms with Gasteiger partial charge in [-0.05, 0) is 18.4 Å². The van der Waals surface area contributed by atoms with Gasteiger partial charge in [-0.2, -0.15) is 0 Å². The molecule has 1 aliphatic rings. The van der Waals surface area contributed by atoms with E-state index in [2.05, 4.69) is 43.4 Å². The van der Waals surface area contributed by atoms with Crippen molar-refractivity contribution in [2.24, 2.45) is 0 Å². The third kappa shape index (κ3) is 3.10. The van der Waals surface area contributed by atoms with E-state index in [4.69, 9.17) is 4.74 Å². The lowest BCUT2D eigenvalue weighted by molar-refractivity contribution is 0.275. The summed E-state index contributed by atoms with van der Waals surface area (Å²) >= 11 is 0. The number of ether oxygens (including phenoxy) is 1. The third-order valence-corrected chi connectivity index (χ3v) is 2.66. The van der Waals surface area contributed by atoms with E-state index >= 15 is 0 Å². The van der Waals surface area contributed by atoms with Crippen LogP contribution < -0.4 is 0 Å². The highest BCUT2D eigenvalue weighted by atomic mass is 16.5. The minimum absolute atomic E-state index is 0.769. The normalized spacial score (nSPS) is 17.0. The monoisotopic (exact) mass is 226 g/mol. The van der Waals surface area contributed by atoms with Gasteiger partial charge in [0.25, 0.3) is 0 Å². The highest BCUT2D eigenvalue weighted by molar-refractivity contribution is 5.66. The van der Waals surface area contributed by atoms with Crippen molar-refractivity contribution >= 4 is 5.76 Å². The zero-order valence-electron chi connectivity index (χ0n) is 10.2. The Hall–Kier alpha value is -1.76. The molecule has 0 aliphatic heterocycles. The van der Waals surface area contributed by atoms with Crippen LogP contribution in [0.2, 0.25) is 0 Å². The Morgan fingerprint density at radius 3 is 2.65 bits per heavy atom. The first-order chi connectivity index (χ1) is 8.42. The summed E-state index contributed by atoms with van der Waals surface area (Å²) in [6.45, 7) is 2.90. The first kappa shape index (κ1) is 11.7. The van der Waals surface area contributed by atoms with E-state index in [0.717, 1.165) is 30.8 Å². The van der Waals surface area contributed by atoms with Crippen LogP contribution in [0.4, 0.5) is 0 Å². The zero-order chi connectivity index (χ0) is 11.9. The average molecular weight is 226 g/mol. The summed E-state index contributed by atoms with van der Waals surface area (Å²) in [7, 11) is 0. The fourth-order valence-corrected chi connectivity index (χ4v) is 1.84. The lowest BCUT2D eigenvalue weighted by Crippen LogP contribution is -1.98. The van der Waals surface area contributed by atoms with Crippen molar-refractivity contribution in [1.29, 1.82) is 0 Å². The van der Waals surface area contributed by atoms with Gasteiger partial charge in [0.05, 0.1) is 6.61 Å². The quantitative estimate of drug-likeness (QED) is 0.694. The molecule has 88 valence electrons. The van der Waals surface area contributed by atoms with Gasteiger partial charge in [-0.15, -0.1) is 0 Å². The van der Waals surface area contributed by atoms with Crippen molar-refractivity contribution in [1.82, 2.24) is 0 Å². The minimum atomic E-state index is 0.769. The van der Waals surface area contributed by atoms with Gasteiger partial charge in [0, 0.05) is 5.56 Å². The number of hydrogen-bond donors (Lipinski definition) is 0. The molecule has 0 saturated heterocycles. The molecule has 2 rings (SSSR count). The Kier molecular flexibility index (Phi) is 4.20. The molecule has 1 aliphatic carbocycles. The van der Waals surface area contributed by atoms with E-state index in [-0.39, 0.29) is 0 Å². The maximum atomic E-state index is 5.91. The summed E-state index contributed by atoms with van der Waals surface area (Å²) in [6.07, 6.45) is 10.4. The summed E-state index contributed by atoms with van der Waals surface area (Å²) in [5.41, 5.74) is 2.42. The molecule has 0 unspecified atom stereocenters. The van der Waals surface area contributed by atoms with Gasteiger partial charge >= 0.3 is 0 Å². The topological polar surface area (TPSA) is 9.23 Å². The summed E-state index contributed by atoms with van der Waals surface area (Å²) in [4.78, 5) is 0. The van der Waals surface area contributed by atoms with Gasteiger partial charge < -0.3 is 4.74 Å². The summed E-state index contributed by atoms with van der Waals surface area (Å²) in [5.74, 6) is 1.02. The molecule has 0 spiro atoms. The van der Waals surface area contributed by atoms with E-state index in [0.29, 0.717) is 0 Å². The molecular formula is C16H18O. The largest absolute Gasteiger partial charge is 0.493 e. The highest BCUT2D eigenvalue weighted by Crippen LogP contribution is 2.25. The smallest absolute Gasteiger partial charge is 0.130 e. The molecule has 0 amide bonds. The molecule has 0 bridgehead atoms. The SMILES string of the molecule is CCCO/C(=C1\C=CC=CC1)c1ccccc1. The Labute approximate surface area is 103 Å². The molecule has 1 aromatic carbocycles. The molecule has 1 aromatic rings. The molecule has 0 aromatic heterocycles. The standard InChI is InChI=1S/C16H18O/c1-2-13-17-16(14-9-5-3-6-10-14)15-11-7-4-8-12-15/h3-11H,2,12-13H2,1H3/b16-15+. The van der Waals surface area contributed by atoms with E-state index < -0.39 is 0 Å². The molecule has 1 nitrogen and oxygen atoms in total. The molecule has 0 fully saturated rings. The Morgan fingerprint density at radius 2 is 2.00 bits per heavy atom. The van der Waals surface area contributed by atoms with Crippen LogP contribution in [0.1, 0.15) is 25.3 Å². The van der Waals surface area contributed by atoms with Crippen LogP contribution >= 0.6 is 0 Å². The van der Waals surface area contributed by atoms with Crippen molar-refractivity contribution in [3.8, 4) is 0 Å². The number of benzene rings is 1. The zero-order valence-corrected chi connectivity index (χ0v) is 10.2. The maximum Gasteiger partial charge on any atom is 0.130 e. The summed E-state index contributed by atoms with van der Waals surface area (Å²) in [5, 5.41) is 0. The second-order valence-electron chi connectivity index (χ2n) is 4.06. The van der Waals surface area contributed by atoms with Crippen LogP contribution in [0.3, 0.4) is 0 Å². The number of allylic oxidation sites excluding steroid dienone is 5. The number of rotatable bonds is 4. The van der Waals surface area contributed by atoms with Crippen LogP contribution in [-0.4, -0.2) is 6.61 Å². The van der Waals surface area contributed by atoms with Crippen LogP contribution in [0.15, 0.2) is 60.2 Å². The second-order valence-corrected chi connectivity index (χ2v) is 4.06. The lowest BCUT2D eigenvalue weighted by Gasteiger charge is -2.14. The lowest BCUT2D eigenvalue weighted by atomic mass is 10.0. The van der Waals surface area contributed by atoms with Crippen molar-refractivity contribution in [2.45, 2.75) is 19.8 Å². The summed E-state index contributed by atoms with van der Waals surface area (Å²) in [6, 6.07) is 10.3. The molecule has 0 radical (unpaired) electrons. The molecule has 0 N–H and O–H groups in total. The Bertz CT molecular complexity index is 438. The third-order valence-electron chi connectivity index (χ3n) is 2.66. The average Bonchev–Trinajstić information content (AvgIpc) is 2.42. The minimum Gasteiger partial charge on any atom is -0.493 e. The Balaban J connectivity index is 2.31. The van der Waals surface area contributed by atoms with Crippen LogP contribution in [-0.2, 0) is 4.74 Å². The first-order valence-corrected chi connectivity index (χ1v) is 6.16. The predicted octanol–water partition coefficient (Wildman–Crippen LogP) is 4.34. The van der Waals surface area contributed by atoms with Crippen molar-refractivity contribution in [2.75, 3.05) is 6.61 Å². The summed E-state index contributed by atoms with van der Waals surface area (Å²) < 4.78 is 5.91. The van der Waals surface area contributed by atoms with E-state index in [1.807, 2.05) is 18.2 Å². The van der Waals surface area contributed by atoms with Crippen molar-refractivity contribution < 1.29 is 4.74 Å². The predicted molar refractivity (Wildman–Crippen MR) is 72.5 cm³/mol. The van der Waals surface area contributed by atoms with Crippen molar-refractivity contribution in [3.05, 3.63) is 65.8 Å². The van der Waals surface area contributed by atoms with Gasteiger partial charge in [0.15, 0.2) is 0 Å². The van der Waals surface area contributed by atoms with Crippen LogP contribution in [0.25, 0.3) is 5.76 Å². The van der Waals surface area contributed by atoms with Crippen LogP contribution in [0.5, 0.6) is 0 Å². The number of hydrogen-bond acceptors (Lipinski definition) is 1. The van der Waals surface area contributed by atoms with E-state index in [1.54, 1.807) is 0 Å². The molecule has 17 heavy (non-hydrogen) atoms. The fourth-order valence-electron chi connectivity index (χ4n) is 1.84. The molecule has 0 heterocycles. The second kappa shape index (κ2) is 6.09. The highest BCUT2D eigenvalue weighted by Gasteiger charge is 2.08. The van der Waals surface area contributed by atoms with Gasteiger partial charge in [0.2, 0.25) is 0 Å². The molecular weight excluding hydrogens is 208 g/mol. The van der Waals surface area contributed by atoms with Crippen molar-refractivity contribution in [3.63, 3.8) is 0 Å². The fraction of sp³-hybridized carbons (Fsp3) is 0.250. The maximum absolute atomic E-state index is 5.91. The van der Waals surface area contributed by atoms with E-state index in [9.17, 15) is 0 Å². The van der Waals surface area contributed by atoms with Gasteiger partial charge in [-0.1, -0.05) is 61.6 Å². The van der Waals surface area contributed by atoms with E-state index in [1.165, 1.54) is 5.57 Å². The van der Waals surface area contributed by atoms with Gasteiger partial charge in [-0.3, -0.25) is 0 Å². The van der Waals surface area contributed by atoms with Gasteiger partial charge in [0.1, 0.15) is 5.76 Å². The van der Waals surface area contributed by atoms with Gasteiger partial charge in [-0.25, -0.2) is 0 Å². The molecule has 1 heteroatoms.